The second-order valence-corrected chi connectivity index (χ2v) is 4.07. The fourth-order valence-electron chi connectivity index (χ4n) is 1.62. The van der Waals surface area contributed by atoms with Crippen molar-refractivity contribution >= 4 is 0 Å². The van der Waals surface area contributed by atoms with Crippen molar-refractivity contribution in [1.29, 1.82) is 0 Å². The number of benzene rings is 2. The Labute approximate surface area is 96.7 Å². The summed E-state index contributed by atoms with van der Waals surface area (Å²) in [5.41, 5.74) is 3.61. The zero-order valence-electron chi connectivity index (χ0n) is 9.95. The summed E-state index contributed by atoms with van der Waals surface area (Å²) in [6.45, 7) is 6.24. The van der Waals surface area contributed by atoms with Crippen LogP contribution in [-0.4, -0.2) is 0 Å². The number of rotatable bonds is 2. The van der Waals surface area contributed by atoms with Gasteiger partial charge in [-0.1, -0.05) is 30.3 Å². The van der Waals surface area contributed by atoms with E-state index in [9.17, 15) is 0 Å². The maximum atomic E-state index is 5.92. The zero-order valence-corrected chi connectivity index (χ0v) is 9.95. The maximum absolute atomic E-state index is 5.92. The molecule has 0 atom stereocenters. The molecule has 0 bridgehead atoms. The summed E-state index contributed by atoms with van der Waals surface area (Å²) in [6.07, 6.45) is 0. The summed E-state index contributed by atoms with van der Waals surface area (Å²) in [5.74, 6) is 1.87. The van der Waals surface area contributed by atoms with Crippen LogP contribution in [0, 0.1) is 20.8 Å². The van der Waals surface area contributed by atoms with Crippen molar-refractivity contribution in [3.8, 4) is 11.5 Å². The van der Waals surface area contributed by atoms with Gasteiger partial charge in [0.05, 0.1) is 0 Å². The molecule has 2 rings (SSSR count). The molecule has 0 aliphatic heterocycles. The fourth-order valence-corrected chi connectivity index (χ4v) is 1.62. The molecular weight excluding hydrogens is 196 g/mol. The van der Waals surface area contributed by atoms with Crippen LogP contribution in [0.3, 0.4) is 0 Å². The van der Waals surface area contributed by atoms with E-state index in [0.29, 0.717) is 0 Å². The average Bonchev–Trinajstić information content (AvgIpc) is 2.28. The lowest BCUT2D eigenvalue weighted by atomic mass is 10.1. The van der Waals surface area contributed by atoms with Crippen LogP contribution in [0.25, 0.3) is 0 Å². The van der Waals surface area contributed by atoms with Crippen molar-refractivity contribution in [2.24, 2.45) is 0 Å². The highest BCUT2D eigenvalue weighted by Crippen LogP contribution is 2.28. The van der Waals surface area contributed by atoms with Crippen LogP contribution in [0.4, 0.5) is 0 Å². The summed E-state index contributed by atoms with van der Waals surface area (Å²) in [5, 5.41) is 0. The molecule has 0 unspecified atom stereocenters. The molecule has 0 saturated carbocycles. The lowest BCUT2D eigenvalue weighted by molar-refractivity contribution is 0.474. The molecule has 0 radical (unpaired) electrons. The SMILES string of the molecule is Cc1ccccc1Oc1cccc(C)c1C. The Kier molecular flexibility index (Phi) is 2.95. The highest BCUT2D eigenvalue weighted by molar-refractivity contribution is 5.43. The van der Waals surface area contributed by atoms with E-state index in [1.54, 1.807) is 0 Å². The van der Waals surface area contributed by atoms with Gasteiger partial charge in [0.2, 0.25) is 0 Å². The van der Waals surface area contributed by atoms with Crippen molar-refractivity contribution in [3.05, 3.63) is 59.2 Å². The van der Waals surface area contributed by atoms with E-state index in [1.165, 1.54) is 11.1 Å². The lowest BCUT2D eigenvalue weighted by Gasteiger charge is -2.12. The first kappa shape index (κ1) is 10.7. The van der Waals surface area contributed by atoms with Crippen LogP contribution in [0.1, 0.15) is 16.7 Å². The molecular formula is C15H16O. The van der Waals surface area contributed by atoms with E-state index in [1.807, 2.05) is 30.3 Å². The van der Waals surface area contributed by atoms with Gasteiger partial charge in [-0.15, -0.1) is 0 Å². The molecule has 0 amide bonds. The van der Waals surface area contributed by atoms with Gasteiger partial charge in [0.25, 0.3) is 0 Å². The molecule has 0 fully saturated rings. The first-order valence-electron chi connectivity index (χ1n) is 5.48. The maximum Gasteiger partial charge on any atom is 0.130 e. The van der Waals surface area contributed by atoms with E-state index in [4.69, 9.17) is 4.74 Å². The largest absolute Gasteiger partial charge is 0.457 e. The minimum absolute atomic E-state index is 0.927. The molecule has 0 aliphatic rings. The topological polar surface area (TPSA) is 9.23 Å². The Hall–Kier alpha value is -1.76. The van der Waals surface area contributed by atoms with Gasteiger partial charge in [-0.2, -0.15) is 0 Å². The number of hydrogen-bond acceptors (Lipinski definition) is 1. The molecule has 82 valence electrons. The van der Waals surface area contributed by atoms with Crippen LogP contribution in [0.15, 0.2) is 42.5 Å². The van der Waals surface area contributed by atoms with Gasteiger partial charge in [0.15, 0.2) is 0 Å². The summed E-state index contributed by atoms with van der Waals surface area (Å²) in [7, 11) is 0. The van der Waals surface area contributed by atoms with E-state index in [0.717, 1.165) is 17.1 Å². The Balaban J connectivity index is 2.35. The summed E-state index contributed by atoms with van der Waals surface area (Å²) in [6, 6.07) is 14.2. The third kappa shape index (κ3) is 2.08. The molecule has 16 heavy (non-hydrogen) atoms. The summed E-state index contributed by atoms with van der Waals surface area (Å²) < 4.78 is 5.92. The average molecular weight is 212 g/mol. The molecule has 0 saturated heterocycles. The van der Waals surface area contributed by atoms with Crippen LogP contribution in [-0.2, 0) is 0 Å². The highest BCUT2D eigenvalue weighted by atomic mass is 16.5. The van der Waals surface area contributed by atoms with E-state index >= 15 is 0 Å². The van der Waals surface area contributed by atoms with Crippen LogP contribution in [0.5, 0.6) is 11.5 Å². The van der Waals surface area contributed by atoms with Crippen molar-refractivity contribution < 1.29 is 4.74 Å². The second kappa shape index (κ2) is 4.40. The van der Waals surface area contributed by atoms with Gasteiger partial charge >= 0.3 is 0 Å². The third-order valence-corrected chi connectivity index (χ3v) is 2.87. The molecule has 0 heterocycles. The summed E-state index contributed by atoms with van der Waals surface area (Å²) >= 11 is 0. The lowest BCUT2D eigenvalue weighted by Crippen LogP contribution is -1.91. The molecule has 0 spiro atoms. The zero-order chi connectivity index (χ0) is 11.5. The smallest absolute Gasteiger partial charge is 0.130 e. The molecule has 0 aliphatic carbocycles. The molecule has 0 N–H and O–H groups in total. The van der Waals surface area contributed by atoms with Crippen LogP contribution >= 0.6 is 0 Å². The van der Waals surface area contributed by atoms with Gasteiger partial charge in [0, 0.05) is 0 Å². The molecule has 2 aromatic rings. The Morgan fingerprint density at radius 3 is 2.06 bits per heavy atom. The minimum atomic E-state index is 0.927. The predicted molar refractivity (Wildman–Crippen MR) is 67.2 cm³/mol. The van der Waals surface area contributed by atoms with Crippen molar-refractivity contribution in [3.63, 3.8) is 0 Å². The van der Waals surface area contributed by atoms with E-state index in [2.05, 4.69) is 32.9 Å². The van der Waals surface area contributed by atoms with E-state index < -0.39 is 0 Å². The third-order valence-electron chi connectivity index (χ3n) is 2.87. The summed E-state index contributed by atoms with van der Waals surface area (Å²) in [4.78, 5) is 0. The first-order chi connectivity index (χ1) is 7.68. The van der Waals surface area contributed by atoms with Gasteiger partial charge in [-0.25, -0.2) is 0 Å². The molecule has 2 aromatic carbocycles. The van der Waals surface area contributed by atoms with Crippen molar-refractivity contribution in [2.45, 2.75) is 20.8 Å². The number of aryl methyl sites for hydroxylation is 2. The Morgan fingerprint density at radius 2 is 1.31 bits per heavy atom. The van der Waals surface area contributed by atoms with Gasteiger partial charge in [-0.05, 0) is 49.6 Å². The molecule has 1 nitrogen and oxygen atoms in total. The number of para-hydroxylation sites is 1. The van der Waals surface area contributed by atoms with Gasteiger partial charge < -0.3 is 4.74 Å². The molecule has 0 aromatic heterocycles. The van der Waals surface area contributed by atoms with Crippen molar-refractivity contribution in [2.75, 3.05) is 0 Å². The quantitative estimate of drug-likeness (QED) is 0.716. The monoisotopic (exact) mass is 212 g/mol. The normalized spacial score (nSPS) is 10.2. The van der Waals surface area contributed by atoms with E-state index in [-0.39, 0.29) is 0 Å². The Morgan fingerprint density at radius 1 is 0.688 bits per heavy atom. The first-order valence-corrected chi connectivity index (χ1v) is 5.48. The van der Waals surface area contributed by atoms with Crippen molar-refractivity contribution in [1.82, 2.24) is 0 Å². The van der Waals surface area contributed by atoms with Crippen LogP contribution in [0.2, 0.25) is 0 Å². The number of ether oxygens (including phenoxy) is 1. The number of hydrogen-bond donors (Lipinski definition) is 0. The molecule has 1 heteroatoms. The second-order valence-electron chi connectivity index (χ2n) is 4.07. The predicted octanol–water partition coefficient (Wildman–Crippen LogP) is 4.40. The van der Waals surface area contributed by atoms with Crippen LogP contribution < -0.4 is 4.74 Å². The minimum Gasteiger partial charge on any atom is -0.457 e. The fraction of sp³-hybridized carbons (Fsp3) is 0.200. The van der Waals surface area contributed by atoms with Gasteiger partial charge in [0.1, 0.15) is 11.5 Å². The standard InChI is InChI=1S/C15H16O/c1-11-8-6-10-15(13(11)3)16-14-9-5-4-7-12(14)2/h4-10H,1-3H3. The highest BCUT2D eigenvalue weighted by Gasteiger charge is 2.04. The van der Waals surface area contributed by atoms with Gasteiger partial charge in [-0.3, -0.25) is 0 Å². The Bertz CT molecular complexity index is 501.